The lowest BCUT2D eigenvalue weighted by molar-refractivity contribution is -0.0608. The Labute approximate surface area is 152 Å². The molecule has 2 atom stereocenters. The van der Waals surface area contributed by atoms with Crippen LogP contribution in [0.2, 0.25) is 0 Å². The van der Waals surface area contributed by atoms with Gasteiger partial charge in [-0.25, -0.2) is 0 Å². The lowest BCUT2D eigenvalue weighted by atomic mass is 10.1. The first kappa shape index (κ1) is 17.3. The van der Waals surface area contributed by atoms with Crippen LogP contribution >= 0.6 is 0 Å². The van der Waals surface area contributed by atoms with Crippen LogP contribution in [0.15, 0.2) is 22.9 Å². The summed E-state index contributed by atoms with van der Waals surface area (Å²) >= 11 is 0. The van der Waals surface area contributed by atoms with Crippen LogP contribution in [0.3, 0.4) is 0 Å². The molecule has 3 heterocycles. The number of hydrogen-bond donors (Lipinski definition) is 1. The summed E-state index contributed by atoms with van der Waals surface area (Å²) in [6.45, 7) is 5.31. The molecule has 0 spiro atoms. The molecule has 7 nitrogen and oxygen atoms in total. The maximum absolute atomic E-state index is 12.7. The summed E-state index contributed by atoms with van der Waals surface area (Å²) in [7, 11) is 0. The van der Waals surface area contributed by atoms with Gasteiger partial charge in [-0.2, -0.15) is 0 Å². The number of aromatic nitrogens is 2. The van der Waals surface area contributed by atoms with Gasteiger partial charge in [0, 0.05) is 24.4 Å². The third-order valence-corrected chi connectivity index (χ3v) is 5.18. The number of amides is 1. The lowest BCUT2D eigenvalue weighted by Crippen LogP contribution is -2.50. The molecule has 1 amide bonds. The number of aryl methyl sites for hydroxylation is 2. The summed E-state index contributed by atoms with van der Waals surface area (Å²) in [6, 6.07) is 4.10. The van der Waals surface area contributed by atoms with Gasteiger partial charge in [0.1, 0.15) is 11.5 Å². The Balaban J connectivity index is 1.40. The van der Waals surface area contributed by atoms with Crippen LogP contribution in [0.25, 0.3) is 0 Å². The monoisotopic (exact) mass is 359 g/mol. The zero-order chi connectivity index (χ0) is 18.1. The van der Waals surface area contributed by atoms with E-state index in [4.69, 9.17) is 14.0 Å². The Hall–Kier alpha value is -2.12. The second kappa shape index (κ2) is 7.25. The van der Waals surface area contributed by atoms with Gasteiger partial charge in [-0.15, -0.1) is 0 Å². The third kappa shape index (κ3) is 3.54. The number of carbonyl (C=O) groups excluding carboxylic acids is 1. The van der Waals surface area contributed by atoms with Crippen molar-refractivity contribution in [1.82, 2.24) is 15.0 Å². The molecule has 0 bridgehead atoms. The van der Waals surface area contributed by atoms with E-state index >= 15 is 0 Å². The molecule has 1 aliphatic carbocycles. The van der Waals surface area contributed by atoms with Gasteiger partial charge in [0.25, 0.3) is 5.91 Å². The quantitative estimate of drug-likeness (QED) is 0.857. The van der Waals surface area contributed by atoms with Crippen LogP contribution in [0.5, 0.6) is 0 Å². The van der Waals surface area contributed by atoms with Crippen LogP contribution in [-0.2, 0) is 16.1 Å². The standard InChI is InChI=1S/C19H25N3O4/c1-12-15(13(2)26-21-12)10-25-18-7-9-24-11-16(18)20-19(23)17-4-3-8-22(17)14-5-6-14/h3-4,8,14,16,18H,5-7,9-11H2,1-2H3,(H,20,23). The van der Waals surface area contributed by atoms with E-state index in [1.54, 1.807) is 0 Å². The van der Waals surface area contributed by atoms with Crippen molar-refractivity contribution in [2.75, 3.05) is 13.2 Å². The predicted molar refractivity (Wildman–Crippen MR) is 93.9 cm³/mol. The smallest absolute Gasteiger partial charge is 0.268 e. The van der Waals surface area contributed by atoms with Gasteiger partial charge < -0.3 is 23.9 Å². The first-order valence-electron chi connectivity index (χ1n) is 9.22. The molecule has 140 valence electrons. The lowest BCUT2D eigenvalue weighted by Gasteiger charge is -2.32. The minimum atomic E-state index is -0.167. The van der Waals surface area contributed by atoms with Gasteiger partial charge in [0.2, 0.25) is 0 Å². The first-order valence-corrected chi connectivity index (χ1v) is 9.22. The molecule has 1 aliphatic heterocycles. The molecule has 4 rings (SSSR count). The highest BCUT2D eigenvalue weighted by atomic mass is 16.5. The molecular formula is C19H25N3O4. The van der Waals surface area contributed by atoms with Crippen LogP contribution in [0, 0.1) is 13.8 Å². The average molecular weight is 359 g/mol. The van der Waals surface area contributed by atoms with E-state index in [0.717, 1.165) is 36.3 Å². The van der Waals surface area contributed by atoms with E-state index in [1.165, 1.54) is 0 Å². The zero-order valence-electron chi connectivity index (χ0n) is 15.2. The van der Waals surface area contributed by atoms with Crippen molar-refractivity contribution in [1.29, 1.82) is 0 Å². The summed E-state index contributed by atoms with van der Waals surface area (Å²) in [6.07, 6.45) is 4.92. The van der Waals surface area contributed by atoms with Gasteiger partial charge >= 0.3 is 0 Å². The summed E-state index contributed by atoms with van der Waals surface area (Å²) < 4.78 is 18.9. The summed E-state index contributed by atoms with van der Waals surface area (Å²) in [5.41, 5.74) is 2.53. The molecule has 2 unspecified atom stereocenters. The summed E-state index contributed by atoms with van der Waals surface area (Å²) in [5, 5.41) is 7.07. The minimum absolute atomic E-state index is 0.0664. The van der Waals surface area contributed by atoms with Crippen LogP contribution in [-0.4, -0.2) is 41.0 Å². The maximum Gasteiger partial charge on any atom is 0.268 e. The molecule has 7 heteroatoms. The average Bonchev–Trinajstić information content (AvgIpc) is 3.28. The molecule has 0 aromatic carbocycles. The van der Waals surface area contributed by atoms with E-state index in [2.05, 4.69) is 15.0 Å². The summed E-state index contributed by atoms with van der Waals surface area (Å²) in [5.74, 6) is 0.709. The van der Waals surface area contributed by atoms with Gasteiger partial charge in [-0.05, 0) is 45.2 Å². The Kier molecular flexibility index (Phi) is 4.82. The van der Waals surface area contributed by atoms with Crippen molar-refractivity contribution < 1.29 is 18.8 Å². The fourth-order valence-corrected chi connectivity index (χ4v) is 3.45. The van der Waals surface area contributed by atoms with Crippen molar-refractivity contribution in [2.24, 2.45) is 0 Å². The maximum atomic E-state index is 12.7. The van der Waals surface area contributed by atoms with Gasteiger partial charge in [0.05, 0.1) is 31.1 Å². The second-order valence-electron chi connectivity index (χ2n) is 7.13. The first-order chi connectivity index (χ1) is 12.6. The molecule has 1 saturated heterocycles. The number of hydrogen-bond acceptors (Lipinski definition) is 5. The van der Waals surface area contributed by atoms with E-state index in [-0.39, 0.29) is 18.1 Å². The SMILES string of the molecule is Cc1noc(C)c1COC1CCOCC1NC(=O)c1cccn1C1CC1. The number of nitrogens with zero attached hydrogens (tertiary/aromatic N) is 2. The van der Waals surface area contributed by atoms with E-state index in [9.17, 15) is 4.79 Å². The molecule has 0 radical (unpaired) electrons. The molecule has 1 N–H and O–H groups in total. The highest BCUT2D eigenvalue weighted by molar-refractivity contribution is 5.93. The number of carbonyl (C=O) groups is 1. The molecule has 2 fully saturated rings. The van der Waals surface area contributed by atoms with E-state index in [0.29, 0.717) is 31.6 Å². The topological polar surface area (TPSA) is 78.5 Å². The van der Waals surface area contributed by atoms with Crippen molar-refractivity contribution in [2.45, 2.75) is 57.9 Å². The van der Waals surface area contributed by atoms with Crippen molar-refractivity contribution >= 4 is 5.91 Å². The third-order valence-electron chi connectivity index (χ3n) is 5.18. The van der Waals surface area contributed by atoms with Gasteiger partial charge in [0.15, 0.2) is 0 Å². The van der Waals surface area contributed by atoms with Crippen LogP contribution < -0.4 is 5.32 Å². The second-order valence-corrected chi connectivity index (χ2v) is 7.13. The van der Waals surface area contributed by atoms with Crippen LogP contribution in [0.1, 0.15) is 52.8 Å². The van der Waals surface area contributed by atoms with Crippen molar-refractivity contribution in [3.8, 4) is 0 Å². The van der Waals surface area contributed by atoms with E-state index < -0.39 is 0 Å². The Morgan fingerprint density at radius 3 is 2.96 bits per heavy atom. The highest BCUT2D eigenvalue weighted by Crippen LogP contribution is 2.36. The fourth-order valence-electron chi connectivity index (χ4n) is 3.45. The van der Waals surface area contributed by atoms with Crippen molar-refractivity contribution in [3.05, 3.63) is 41.0 Å². The normalized spacial score (nSPS) is 23.2. The molecule has 26 heavy (non-hydrogen) atoms. The molecule has 2 aliphatic rings. The zero-order valence-corrected chi connectivity index (χ0v) is 15.2. The Morgan fingerprint density at radius 2 is 2.23 bits per heavy atom. The number of rotatable bonds is 6. The minimum Gasteiger partial charge on any atom is -0.379 e. The Morgan fingerprint density at radius 1 is 1.38 bits per heavy atom. The molecular weight excluding hydrogens is 334 g/mol. The van der Waals surface area contributed by atoms with Crippen molar-refractivity contribution in [3.63, 3.8) is 0 Å². The number of nitrogens with one attached hydrogen (secondary N) is 1. The van der Waals surface area contributed by atoms with E-state index in [1.807, 2.05) is 32.2 Å². The Bertz CT molecular complexity index is 758. The highest BCUT2D eigenvalue weighted by Gasteiger charge is 2.31. The predicted octanol–water partition coefficient (Wildman–Crippen LogP) is 2.53. The van der Waals surface area contributed by atoms with Gasteiger partial charge in [-0.1, -0.05) is 5.16 Å². The fraction of sp³-hybridized carbons (Fsp3) is 0.579. The molecule has 2 aromatic rings. The number of ether oxygens (including phenoxy) is 2. The van der Waals surface area contributed by atoms with Crippen LogP contribution in [0.4, 0.5) is 0 Å². The molecule has 2 aromatic heterocycles. The summed E-state index contributed by atoms with van der Waals surface area (Å²) in [4.78, 5) is 12.7. The van der Waals surface area contributed by atoms with Gasteiger partial charge in [-0.3, -0.25) is 4.79 Å². The largest absolute Gasteiger partial charge is 0.379 e. The molecule has 1 saturated carbocycles.